The summed E-state index contributed by atoms with van der Waals surface area (Å²) in [6.07, 6.45) is 5.08. The van der Waals surface area contributed by atoms with Crippen LogP contribution in [0.3, 0.4) is 0 Å². The maximum absolute atomic E-state index is 6.24. The van der Waals surface area contributed by atoms with E-state index in [2.05, 4.69) is 17.9 Å². The molecule has 2 heterocycles. The number of hydrogen-bond acceptors (Lipinski definition) is 2. The van der Waals surface area contributed by atoms with Gasteiger partial charge in [-0.05, 0) is 25.8 Å². The Hall–Kier alpha value is -0.980. The highest BCUT2D eigenvalue weighted by molar-refractivity contribution is 14.0. The number of halogens is 1. The molecule has 0 saturated carbocycles. The Morgan fingerprint density at radius 2 is 1.86 bits per heavy atom. The van der Waals surface area contributed by atoms with Crippen molar-refractivity contribution in [2.24, 2.45) is 10.7 Å². The topological polar surface area (TPSA) is 50.9 Å². The van der Waals surface area contributed by atoms with Crippen LogP contribution in [0.25, 0.3) is 0 Å². The monoisotopic (exact) mass is 401 g/mol. The molecule has 1 aromatic rings. The number of aliphatic imine (C=N–C) groups is 1. The number of likely N-dealkylation sites (tertiary alicyclic amines) is 1. The van der Waals surface area contributed by atoms with Crippen molar-refractivity contribution in [2.45, 2.75) is 44.8 Å². The van der Waals surface area contributed by atoms with E-state index in [1.165, 1.54) is 25.7 Å². The van der Waals surface area contributed by atoms with Crippen molar-refractivity contribution < 1.29 is 4.74 Å². The van der Waals surface area contributed by atoms with E-state index in [0.717, 1.165) is 24.4 Å². The Morgan fingerprint density at radius 3 is 2.57 bits per heavy atom. The SMILES string of the molecule is CC1Oc2ccccc2C1N=C(N)N1CCCCCC1.I. The zero-order valence-corrected chi connectivity index (χ0v) is 14.8. The normalized spacial score (nSPS) is 25.6. The lowest BCUT2D eigenvalue weighted by Gasteiger charge is -2.22. The third-order valence-electron chi connectivity index (χ3n) is 4.20. The van der Waals surface area contributed by atoms with Crippen molar-refractivity contribution in [3.8, 4) is 5.75 Å². The fraction of sp³-hybridized carbons (Fsp3) is 0.562. The van der Waals surface area contributed by atoms with Gasteiger partial charge < -0.3 is 15.4 Å². The van der Waals surface area contributed by atoms with Gasteiger partial charge in [0, 0.05) is 18.7 Å². The molecule has 2 aliphatic heterocycles. The van der Waals surface area contributed by atoms with Gasteiger partial charge in [0.15, 0.2) is 5.96 Å². The number of fused-ring (bicyclic) bond motifs is 1. The molecular formula is C16H24IN3O. The first-order valence-corrected chi connectivity index (χ1v) is 7.59. The summed E-state index contributed by atoms with van der Waals surface area (Å²) in [7, 11) is 0. The molecule has 0 aromatic heterocycles. The molecule has 5 heteroatoms. The van der Waals surface area contributed by atoms with Crippen LogP contribution in [0.5, 0.6) is 5.75 Å². The molecule has 3 rings (SSSR count). The number of para-hydroxylation sites is 1. The first kappa shape index (κ1) is 16.4. The summed E-state index contributed by atoms with van der Waals surface area (Å²) < 4.78 is 5.85. The standard InChI is InChI=1S/C16H23N3O.HI/c1-12-15(13-8-4-5-9-14(13)20-12)18-16(17)19-10-6-2-3-7-11-19;/h4-5,8-9,12,15H,2-3,6-7,10-11H2,1H3,(H2,17,18);1H. The summed E-state index contributed by atoms with van der Waals surface area (Å²) in [6.45, 7) is 4.11. The molecule has 2 N–H and O–H groups in total. The van der Waals surface area contributed by atoms with Crippen molar-refractivity contribution in [3.05, 3.63) is 29.8 Å². The Labute approximate surface area is 143 Å². The number of guanidine groups is 1. The molecule has 2 atom stereocenters. The molecule has 21 heavy (non-hydrogen) atoms. The van der Waals surface area contributed by atoms with E-state index >= 15 is 0 Å². The first-order valence-electron chi connectivity index (χ1n) is 7.59. The maximum Gasteiger partial charge on any atom is 0.192 e. The summed E-state index contributed by atoms with van der Waals surface area (Å²) >= 11 is 0. The predicted octanol–water partition coefficient (Wildman–Crippen LogP) is 3.32. The fourth-order valence-electron chi connectivity index (χ4n) is 3.05. The second kappa shape index (κ2) is 7.33. The molecule has 0 bridgehead atoms. The van der Waals surface area contributed by atoms with Gasteiger partial charge in [-0.15, -0.1) is 24.0 Å². The molecule has 0 aliphatic carbocycles. The van der Waals surface area contributed by atoms with E-state index in [1.54, 1.807) is 0 Å². The fourth-order valence-corrected chi connectivity index (χ4v) is 3.05. The van der Waals surface area contributed by atoms with Crippen LogP contribution < -0.4 is 10.5 Å². The van der Waals surface area contributed by atoms with Crippen molar-refractivity contribution in [1.82, 2.24) is 4.90 Å². The van der Waals surface area contributed by atoms with Gasteiger partial charge >= 0.3 is 0 Å². The molecule has 4 nitrogen and oxygen atoms in total. The average molecular weight is 401 g/mol. The Balaban J connectivity index is 0.00000161. The summed E-state index contributed by atoms with van der Waals surface area (Å²) in [5.74, 6) is 1.61. The number of benzene rings is 1. The second-order valence-corrected chi connectivity index (χ2v) is 5.69. The highest BCUT2D eigenvalue weighted by atomic mass is 127. The van der Waals surface area contributed by atoms with Gasteiger partial charge in [0.2, 0.25) is 0 Å². The maximum atomic E-state index is 6.24. The van der Waals surface area contributed by atoms with Gasteiger partial charge in [-0.3, -0.25) is 0 Å². The van der Waals surface area contributed by atoms with E-state index in [-0.39, 0.29) is 36.1 Å². The van der Waals surface area contributed by atoms with E-state index in [0.29, 0.717) is 5.96 Å². The summed E-state index contributed by atoms with van der Waals surface area (Å²) in [5.41, 5.74) is 7.39. The van der Waals surface area contributed by atoms with E-state index in [1.807, 2.05) is 18.2 Å². The number of nitrogens with zero attached hydrogens (tertiary/aromatic N) is 2. The lowest BCUT2D eigenvalue weighted by molar-refractivity contribution is 0.228. The number of rotatable bonds is 1. The lowest BCUT2D eigenvalue weighted by Crippen LogP contribution is -2.38. The highest BCUT2D eigenvalue weighted by Crippen LogP contribution is 2.38. The largest absolute Gasteiger partial charge is 0.488 e. The van der Waals surface area contributed by atoms with Crippen molar-refractivity contribution in [3.63, 3.8) is 0 Å². The summed E-state index contributed by atoms with van der Waals surface area (Å²) in [4.78, 5) is 6.98. The van der Waals surface area contributed by atoms with Crippen LogP contribution in [0.4, 0.5) is 0 Å². The molecule has 2 aliphatic rings. The van der Waals surface area contributed by atoms with E-state index < -0.39 is 0 Å². The van der Waals surface area contributed by atoms with Crippen LogP contribution in [0, 0.1) is 0 Å². The smallest absolute Gasteiger partial charge is 0.192 e. The number of hydrogen-bond donors (Lipinski definition) is 1. The minimum atomic E-state index is 0. The molecule has 0 spiro atoms. The summed E-state index contributed by atoms with van der Waals surface area (Å²) in [6, 6.07) is 8.14. The van der Waals surface area contributed by atoms with Gasteiger partial charge in [-0.2, -0.15) is 0 Å². The highest BCUT2D eigenvalue weighted by Gasteiger charge is 2.31. The van der Waals surface area contributed by atoms with Crippen LogP contribution in [-0.2, 0) is 0 Å². The first-order chi connectivity index (χ1) is 9.75. The van der Waals surface area contributed by atoms with Crippen molar-refractivity contribution >= 4 is 29.9 Å². The molecule has 116 valence electrons. The van der Waals surface area contributed by atoms with Gasteiger partial charge in [-0.1, -0.05) is 31.0 Å². The van der Waals surface area contributed by atoms with Gasteiger partial charge in [0.05, 0.1) is 0 Å². The molecule has 0 radical (unpaired) electrons. The molecule has 0 amide bonds. The Kier molecular flexibility index (Phi) is 5.72. The second-order valence-electron chi connectivity index (χ2n) is 5.69. The third-order valence-corrected chi connectivity index (χ3v) is 4.20. The minimum Gasteiger partial charge on any atom is -0.488 e. The summed E-state index contributed by atoms with van der Waals surface area (Å²) in [5, 5.41) is 0. The third kappa shape index (κ3) is 3.62. The van der Waals surface area contributed by atoms with Gasteiger partial charge in [-0.25, -0.2) is 4.99 Å². The zero-order valence-electron chi connectivity index (χ0n) is 12.5. The quantitative estimate of drug-likeness (QED) is 0.446. The van der Waals surface area contributed by atoms with Crippen LogP contribution >= 0.6 is 24.0 Å². The van der Waals surface area contributed by atoms with Gasteiger partial charge in [0.1, 0.15) is 17.9 Å². The van der Waals surface area contributed by atoms with Crippen LogP contribution in [0.2, 0.25) is 0 Å². The predicted molar refractivity (Wildman–Crippen MR) is 96.4 cm³/mol. The van der Waals surface area contributed by atoms with Crippen LogP contribution in [-0.4, -0.2) is 30.1 Å². The van der Waals surface area contributed by atoms with Crippen LogP contribution in [0.15, 0.2) is 29.3 Å². The number of nitrogens with two attached hydrogens (primary N) is 1. The molecule has 2 unspecified atom stereocenters. The molecular weight excluding hydrogens is 377 g/mol. The van der Waals surface area contributed by atoms with E-state index in [4.69, 9.17) is 15.5 Å². The van der Waals surface area contributed by atoms with Gasteiger partial charge in [0.25, 0.3) is 0 Å². The van der Waals surface area contributed by atoms with Crippen molar-refractivity contribution in [2.75, 3.05) is 13.1 Å². The molecule has 1 fully saturated rings. The zero-order chi connectivity index (χ0) is 13.9. The van der Waals surface area contributed by atoms with Crippen molar-refractivity contribution in [1.29, 1.82) is 0 Å². The van der Waals surface area contributed by atoms with E-state index in [9.17, 15) is 0 Å². The average Bonchev–Trinajstić information content (AvgIpc) is 2.66. The van der Waals surface area contributed by atoms with Crippen LogP contribution in [0.1, 0.15) is 44.2 Å². The molecule has 1 aromatic carbocycles. The lowest BCUT2D eigenvalue weighted by atomic mass is 10.1. The number of ether oxygens (including phenoxy) is 1. The molecule has 1 saturated heterocycles. The Bertz CT molecular complexity index is 498. The minimum absolute atomic E-state index is 0. The Morgan fingerprint density at radius 1 is 1.19 bits per heavy atom.